The van der Waals surface area contributed by atoms with Crippen LogP contribution in [0.25, 0.3) is 0 Å². The first kappa shape index (κ1) is 9.29. The summed E-state index contributed by atoms with van der Waals surface area (Å²) in [4.78, 5) is 1.80. The zero-order valence-electron chi connectivity index (χ0n) is 9.38. The molecule has 2 unspecified atom stereocenters. The van der Waals surface area contributed by atoms with E-state index in [1.807, 2.05) is 0 Å². The van der Waals surface area contributed by atoms with Crippen molar-refractivity contribution in [3.8, 4) is 0 Å². The van der Waals surface area contributed by atoms with Crippen molar-refractivity contribution in [2.24, 2.45) is 5.92 Å². The molecule has 3 aliphatic heterocycles. The van der Waals surface area contributed by atoms with E-state index in [1.165, 1.54) is 24.3 Å². The monoisotopic (exact) mass is 212 g/mol. The van der Waals surface area contributed by atoms with Crippen molar-refractivity contribution in [2.45, 2.75) is 38.9 Å². The Kier molecular flexibility index (Phi) is 1.85. The van der Waals surface area contributed by atoms with E-state index in [1.54, 1.807) is 10.5 Å². The first-order chi connectivity index (χ1) is 6.62. The predicted octanol–water partition coefficient (Wildman–Crippen LogP) is 2.91. The smallest absolute Gasteiger partial charge is 0.0878 e. The lowest BCUT2D eigenvalue weighted by molar-refractivity contribution is 0.111. The zero-order chi connectivity index (χ0) is 9.92. The van der Waals surface area contributed by atoms with Gasteiger partial charge >= 0.3 is 0 Å². The van der Waals surface area contributed by atoms with Gasteiger partial charge in [-0.3, -0.25) is 0 Å². The molecule has 0 aromatic carbocycles. The Bertz CT molecular complexity index is 301. The summed E-state index contributed by atoms with van der Waals surface area (Å²) >= 11 is 0. The molecule has 3 heterocycles. The minimum Gasteiger partial charge on any atom is -0.365 e. The Morgan fingerprint density at radius 1 is 1.21 bits per heavy atom. The van der Waals surface area contributed by atoms with Gasteiger partial charge in [0.15, 0.2) is 0 Å². The van der Waals surface area contributed by atoms with Gasteiger partial charge in [-0.05, 0) is 47.0 Å². The molecule has 0 amide bonds. The van der Waals surface area contributed by atoms with Crippen molar-refractivity contribution in [1.82, 2.24) is 0 Å². The van der Waals surface area contributed by atoms with Crippen LogP contribution in [-0.4, -0.2) is 30.0 Å². The average molecular weight is 212 g/mol. The van der Waals surface area contributed by atoms with Crippen molar-refractivity contribution in [2.75, 3.05) is 17.8 Å². The standard InChI is InChI=1S/C12H20OS/c1-8(2)11-9-4-5-10(13-9)12(11)14(3)6-7-14/h8-10H,4-7H2,1-3H3. The highest BCUT2D eigenvalue weighted by Crippen LogP contribution is 2.70. The fourth-order valence-corrected chi connectivity index (χ4v) is 6.19. The molecule has 1 nitrogen and oxygen atoms in total. The van der Waals surface area contributed by atoms with E-state index in [2.05, 4.69) is 20.1 Å². The van der Waals surface area contributed by atoms with Crippen LogP contribution in [0.3, 0.4) is 0 Å². The molecule has 2 atom stereocenters. The zero-order valence-corrected chi connectivity index (χ0v) is 10.2. The third-order valence-electron chi connectivity index (χ3n) is 3.91. The minimum absolute atomic E-state index is 0.323. The molecule has 2 saturated heterocycles. The minimum atomic E-state index is -0.323. The largest absolute Gasteiger partial charge is 0.365 e. The van der Waals surface area contributed by atoms with E-state index in [4.69, 9.17) is 4.74 Å². The highest BCUT2D eigenvalue weighted by molar-refractivity contribution is 8.41. The maximum atomic E-state index is 6.07. The second kappa shape index (κ2) is 2.79. The molecule has 0 radical (unpaired) electrons. The maximum Gasteiger partial charge on any atom is 0.0878 e. The molecule has 0 spiro atoms. The molecule has 2 bridgehead atoms. The number of hydrogen-bond donors (Lipinski definition) is 0. The van der Waals surface area contributed by atoms with Gasteiger partial charge in [-0.25, -0.2) is 10.0 Å². The van der Waals surface area contributed by atoms with Gasteiger partial charge in [0.05, 0.1) is 12.2 Å². The van der Waals surface area contributed by atoms with Gasteiger partial charge in [-0.2, -0.15) is 0 Å². The summed E-state index contributed by atoms with van der Waals surface area (Å²) in [6.07, 6.45) is 6.16. The molecular weight excluding hydrogens is 192 g/mol. The fourth-order valence-electron chi connectivity index (χ4n) is 3.01. The first-order valence-electron chi connectivity index (χ1n) is 5.75. The van der Waals surface area contributed by atoms with E-state index in [-0.39, 0.29) is 10.0 Å². The Morgan fingerprint density at radius 2 is 1.86 bits per heavy atom. The van der Waals surface area contributed by atoms with Gasteiger partial charge in [0.2, 0.25) is 0 Å². The van der Waals surface area contributed by atoms with Crippen LogP contribution in [0.5, 0.6) is 0 Å². The van der Waals surface area contributed by atoms with E-state index in [0.29, 0.717) is 18.1 Å². The SMILES string of the molecule is CC(C)C1=C(S2(C)CC2)C2CCC1O2. The van der Waals surface area contributed by atoms with E-state index < -0.39 is 0 Å². The molecule has 0 aromatic rings. The van der Waals surface area contributed by atoms with E-state index in [9.17, 15) is 0 Å². The number of ether oxygens (including phenoxy) is 1. The van der Waals surface area contributed by atoms with E-state index in [0.717, 1.165) is 0 Å². The van der Waals surface area contributed by atoms with Gasteiger partial charge in [0, 0.05) is 0 Å². The molecule has 0 N–H and O–H groups in total. The number of fused-ring (bicyclic) bond motifs is 2. The molecule has 14 heavy (non-hydrogen) atoms. The number of hydrogen-bond acceptors (Lipinski definition) is 1. The van der Waals surface area contributed by atoms with Crippen molar-refractivity contribution in [3.05, 3.63) is 10.5 Å². The maximum absolute atomic E-state index is 6.07. The van der Waals surface area contributed by atoms with Crippen molar-refractivity contribution in [1.29, 1.82) is 0 Å². The summed E-state index contributed by atoms with van der Waals surface area (Å²) in [5, 5.41) is 0. The summed E-state index contributed by atoms with van der Waals surface area (Å²) < 4.78 is 6.07. The van der Waals surface area contributed by atoms with Gasteiger partial charge in [0.1, 0.15) is 0 Å². The van der Waals surface area contributed by atoms with Crippen LogP contribution in [0.1, 0.15) is 26.7 Å². The summed E-state index contributed by atoms with van der Waals surface area (Å²) in [6.45, 7) is 4.68. The summed E-state index contributed by atoms with van der Waals surface area (Å²) in [6, 6.07) is 0. The molecule has 2 fully saturated rings. The lowest BCUT2D eigenvalue weighted by Crippen LogP contribution is -2.14. The van der Waals surface area contributed by atoms with Crippen LogP contribution < -0.4 is 0 Å². The second-order valence-electron chi connectivity index (χ2n) is 5.35. The molecule has 0 aliphatic carbocycles. The topological polar surface area (TPSA) is 9.23 Å². The molecule has 2 heteroatoms. The highest BCUT2D eigenvalue weighted by atomic mass is 32.3. The predicted molar refractivity (Wildman–Crippen MR) is 63.0 cm³/mol. The van der Waals surface area contributed by atoms with Crippen LogP contribution >= 0.6 is 10.0 Å². The molecule has 3 rings (SSSR count). The molecular formula is C12H20OS. The van der Waals surface area contributed by atoms with Crippen LogP contribution in [0.15, 0.2) is 10.5 Å². The molecule has 0 aromatic heterocycles. The van der Waals surface area contributed by atoms with Gasteiger partial charge in [-0.1, -0.05) is 13.8 Å². The highest BCUT2D eigenvalue weighted by Gasteiger charge is 2.50. The molecule has 0 saturated carbocycles. The Labute approximate surface area is 88.2 Å². The lowest BCUT2D eigenvalue weighted by atomic mass is 9.91. The van der Waals surface area contributed by atoms with Crippen molar-refractivity contribution < 1.29 is 4.74 Å². The Morgan fingerprint density at radius 3 is 2.43 bits per heavy atom. The van der Waals surface area contributed by atoms with E-state index >= 15 is 0 Å². The van der Waals surface area contributed by atoms with Gasteiger partial charge in [-0.15, -0.1) is 0 Å². The Balaban J connectivity index is 2.04. The summed E-state index contributed by atoms with van der Waals surface area (Å²) in [5.74, 6) is 3.67. The first-order valence-corrected chi connectivity index (χ1v) is 8.13. The average Bonchev–Trinajstić information content (AvgIpc) is 2.65. The Hall–Kier alpha value is 0.0500. The quantitative estimate of drug-likeness (QED) is 0.640. The fraction of sp³-hybridized carbons (Fsp3) is 0.833. The summed E-state index contributed by atoms with van der Waals surface area (Å²) in [7, 11) is -0.323. The van der Waals surface area contributed by atoms with Crippen LogP contribution in [0.2, 0.25) is 0 Å². The van der Waals surface area contributed by atoms with Crippen LogP contribution in [0.4, 0.5) is 0 Å². The van der Waals surface area contributed by atoms with Crippen LogP contribution in [-0.2, 0) is 4.74 Å². The third kappa shape index (κ3) is 1.13. The van der Waals surface area contributed by atoms with Crippen molar-refractivity contribution >= 4 is 10.0 Å². The number of rotatable bonds is 2. The van der Waals surface area contributed by atoms with Gasteiger partial charge < -0.3 is 4.74 Å². The van der Waals surface area contributed by atoms with Crippen LogP contribution in [0, 0.1) is 5.92 Å². The molecule has 3 aliphatic rings. The third-order valence-corrected chi connectivity index (χ3v) is 7.11. The lowest BCUT2D eigenvalue weighted by Gasteiger charge is -2.26. The second-order valence-corrected chi connectivity index (χ2v) is 9.15. The van der Waals surface area contributed by atoms with Gasteiger partial charge in [0.25, 0.3) is 0 Å². The molecule has 80 valence electrons. The van der Waals surface area contributed by atoms with Crippen molar-refractivity contribution in [3.63, 3.8) is 0 Å². The normalized spacial score (nSPS) is 40.9. The summed E-state index contributed by atoms with van der Waals surface area (Å²) in [5.41, 5.74) is 1.70.